The molecule has 0 radical (unpaired) electrons. The van der Waals surface area contributed by atoms with Gasteiger partial charge in [-0.2, -0.15) is 0 Å². The van der Waals surface area contributed by atoms with Crippen molar-refractivity contribution in [3.63, 3.8) is 0 Å². The van der Waals surface area contributed by atoms with Crippen molar-refractivity contribution in [1.82, 2.24) is 20.2 Å². The van der Waals surface area contributed by atoms with Gasteiger partial charge in [0.1, 0.15) is 12.4 Å². The summed E-state index contributed by atoms with van der Waals surface area (Å²) in [6.45, 7) is 7.99. The number of carbonyl (C=O) groups is 1. The number of rotatable bonds is 7. The van der Waals surface area contributed by atoms with Crippen LogP contribution >= 0.6 is 0 Å². The number of benzene rings is 1. The zero-order valence-corrected chi connectivity index (χ0v) is 13.9. The molecule has 0 fully saturated rings. The van der Waals surface area contributed by atoms with E-state index in [1.54, 1.807) is 0 Å². The molecule has 0 aliphatic heterocycles. The number of aliphatic carboxylic acids is 1. The molecule has 1 unspecified atom stereocenters. The molecule has 0 saturated carbocycles. The third-order valence-electron chi connectivity index (χ3n) is 3.54. The van der Waals surface area contributed by atoms with Crippen molar-refractivity contribution in [3.8, 4) is 5.75 Å². The molecule has 1 atom stereocenters. The molecular formula is C16H22N4O3. The third kappa shape index (κ3) is 4.28. The van der Waals surface area contributed by atoms with E-state index in [4.69, 9.17) is 4.74 Å². The summed E-state index contributed by atoms with van der Waals surface area (Å²) in [5, 5.41) is 20.8. The Kier molecular flexibility index (Phi) is 5.31. The van der Waals surface area contributed by atoms with Crippen LogP contribution in [0.5, 0.6) is 5.75 Å². The molecule has 124 valence electrons. The monoisotopic (exact) mass is 318 g/mol. The van der Waals surface area contributed by atoms with Gasteiger partial charge in [-0.05, 0) is 53.8 Å². The Morgan fingerprint density at radius 1 is 1.35 bits per heavy atom. The maximum absolute atomic E-state index is 11.5. The van der Waals surface area contributed by atoms with E-state index in [1.807, 2.05) is 45.9 Å². The predicted octanol–water partition coefficient (Wildman–Crippen LogP) is 2.54. The normalized spacial score (nSPS) is 12.4. The molecule has 1 N–H and O–H groups in total. The molecule has 2 aromatic rings. The number of carboxylic acids is 1. The van der Waals surface area contributed by atoms with Gasteiger partial charge in [-0.1, -0.05) is 26.0 Å². The summed E-state index contributed by atoms with van der Waals surface area (Å²) in [5.41, 5.74) is 2.10. The van der Waals surface area contributed by atoms with Crippen LogP contribution in [0, 0.1) is 19.8 Å². The number of aryl methyl sites for hydroxylation is 2. The summed E-state index contributed by atoms with van der Waals surface area (Å²) in [7, 11) is 0. The fraction of sp³-hybridized carbons (Fsp3) is 0.500. The van der Waals surface area contributed by atoms with Crippen LogP contribution in [0.3, 0.4) is 0 Å². The average Bonchev–Trinajstić information content (AvgIpc) is 2.93. The number of tetrazole rings is 1. The van der Waals surface area contributed by atoms with Gasteiger partial charge in [-0.15, -0.1) is 5.10 Å². The van der Waals surface area contributed by atoms with Gasteiger partial charge in [-0.25, -0.2) is 9.48 Å². The Balaban J connectivity index is 2.17. The Labute approximate surface area is 135 Å². The van der Waals surface area contributed by atoms with E-state index in [0.29, 0.717) is 12.2 Å². The molecule has 2 rings (SSSR count). The lowest BCUT2D eigenvalue weighted by molar-refractivity contribution is -0.141. The minimum atomic E-state index is -0.945. The number of hydrogen-bond donors (Lipinski definition) is 1. The summed E-state index contributed by atoms with van der Waals surface area (Å²) in [5.74, 6) is 0.418. The molecule has 0 spiro atoms. The van der Waals surface area contributed by atoms with Gasteiger partial charge in [0.15, 0.2) is 11.9 Å². The summed E-state index contributed by atoms with van der Waals surface area (Å²) in [4.78, 5) is 11.5. The highest BCUT2D eigenvalue weighted by molar-refractivity contribution is 5.71. The SMILES string of the molecule is Cc1ccc(C)c(OCc2nnnn2C(CC(C)C)C(=O)O)c1. The van der Waals surface area contributed by atoms with Crippen LogP contribution in [-0.2, 0) is 11.4 Å². The Bertz CT molecular complexity index is 682. The van der Waals surface area contributed by atoms with Crippen molar-refractivity contribution in [3.05, 3.63) is 35.2 Å². The topological polar surface area (TPSA) is 90.1 Å². The summed E-state index contributed by atoms with van der Waals surface area (Å²) >= 11 is 0. The minimum Gasteiger partial charge on any atom is -0.485 e. The molecule has 7 nitrogen and oxygen atoms in total. The van der Waals surface area contributed by atoms with Crippen molar-refractivity contribution < 1.29 is 14.6 Å². The quantitative estimate of drug-likeness (QED) is 0.843. The van der Waals surface area contributed by atoms with Crippen LogP contribution in [0.2, 0.25) is 0 Å². The van der Waals surface area contributed by atoms with Gasteiger partial charge in [0.25, 0.3) is 0 Å². The standard InChI is InChI=1S/C16H22N4O3/c1-10(2)7-13(16(21)22)20-15(17-18-19-20)9-23-14-8-11(3)5-6-12(14)4/h5-6,8,10,13H,7,9H2,1-4H3,(H,21,22). The Morgan fingerprint density at radius 3 is 2.74 bits per heavy atom. The molecular weight excluding hydrogens is 296 g/mol. The van der Waals surface area contributed by atoms with Crippen LogP contribution in [0.25, 0.3) is 0 Å². The first-order valence-corrected chi connectivity index (χ1v) is 7.58. The molecule has 0 bridgehead atoms. The third-order valence-corrected chi connectivity index (χ3v) is 3.54. The molecule has 0 saturated heterocycles. The molecule has 1 aromatic heterocycles. The molecule has 7 heteroatoms. The highest BCUT2D eigenvalue weighted by Crippen LogP contribution is 2.22. The van der Waals surface area contributed by atoms with Crippen LogP contribution in [0.1, 0.15) is 43.3 Å². The van der Waals surface area contributed by atoms with Crippen molar-refractivity contribution in [2.24, 2.45) is 5.92 Å². The average molecular weight is 318 g/mol. The first-order valence-electron chi connectivity index (χ1n) is 7.58. The van der Waals surface area contributed by atoms with Crippen molar-refractivity contribution in [1.29, 1.82) is 0 Å². The van der Waals surface area contributed by atoms with E-state index in [1.165, 1.54) is 4.68 Å². The lowest BCUT2D eigenvalue weighted by atomic mass is 10.0. The van der Waals surface area contributed by atoms with Crippen LogP contribution in [-0.4, -0.2) is 31.3 Å². The molecule has 0 aliphatic carbocycles. The Hall–Kier alpha value is -2.44. The highest BCUT2D eigenvalue weighted by Gasteiger charge is 2.25. The Morgan fingerprint density at radius 2 is 2.09 bits per heavy atom. The zero-order chi connectivity index (χ0) is 17.0. The van der Waals surface area contributed by atoms with Gasteiger partial charge in [0, 0.05) is 0 Å². The second-order valence-electron chi connectivity index (χ2n) is 6.08. The van der Waals surface area contributed by atoms with Crippen LogP contribution < -0.4 is 4.74 Å². The zero-order valence-electron chi connectivity index (χ0n) is 13.9. The molecule has 1 heterocycles. The van der Waals surface area contributed by atoms with E-state index >= 15 is 0 Å². The van der Waals surface area contributed by atoms with E-state index < -0.39 is 12.0 Å². The number of aromatic nitrogens is 4. The van der Waals surface area contributed by atoms with Crippen molar-refractivity contribution >= 4 is 5.97 Å². The van der Waals surface area contributed by atoms with Crippen LogP contribution in [0.4, 0.5) is 0 Å². The molecule has 23 heavy (non-hydrogen) atoms. The highest BCUT2D eigenvalue weighted by atomic mass is 16.5. The summed E-state index contributed by atoms with van der Waals surface area (Å²) < 4.78 is 7.12. The lowest BCUT2D eigenvalue weighted by Crippen LogP contribution is -2.24. The minimum absolute atomic E-state index is 0.124. The number of carboxylic acid groups (broad SMARTS) is 1. The number of nitrogens with zero attached hydrogens (tertiary/aromatic N) is 4. The van der Waals surface area contributed by atoms with Gasteiger partial charge in [0.2, 0.25) is 0 Å². The van der Waals surface area contributed by atoms with E-state index in [-0.39, 0.29) is 12.5 Å². The second-order valence-corrected chi connectivity index (χ2v) is 6.08. The number of hydrogen-bond acceptors (Lipinski definition) is 5. The van der Waals surface area contributed by atoms with Gasteiger partial charge in [0.05, 0.1) is 0 Å². The molecule has 1 aromatic carbocycles. The smallest absolute Gasteiger partial charge is 0.328 e. The number of ether oxygens (including phenoxy) is 1. The van der Waals surface area contributed by atoms with E-state index in [2.05, 4.69) is 15.5 Å². The largest absolute Gasteiger partial charge is 0.485 e. The van der Waals surface area contributed by atoms with Crippen molar-refractivity contribution in [2.45, 2.75) is 46.8 Å². The molecule has 0 amide bonds. The van der Waals surface area contributed by atoms with E-state index in [0.717, 1.165) is 16.9 Å². The molecule has 0 aliphatic rings. The maximum atomic E-state index is 11.5. The van der Waals surface area contributed by atoms with Gasteiger partial charge >= 0.3 is 5.97 Å². The second kappa shape index (κ2) is 7.21. The fourth-order valence-electron chi connectivity index (χ4n) is 2.31. The predicted molar refractivity (Wildman–Crippen MR) is 84.2 cm³/mol. The first-order chi connectivity index (χ1) is 10.9. The first kappa shape index (κ1) is 16.9. The van der Waals surface area contributed by atoms with Crippen LogP contribution in [0.15, 0.2) is 18.2 Å². The summed E-state index contributed by atoms with van der Waals surface area (Å²) in [6.07, 6.45) is 0.455. The van der Waals surface area contributed by atoms with Crippen molar-refractivity contribution in [2.75, 3.05) is 0 Å². The lowest BCUT2D eigenvalue weighted by Gasteiger charge is -2.16. The van der Waals surface area contributed by atoms with E-state index in [9.17, 15) is 9.90 Å². The summed E-state index contributed by atoms with van der Waals surface area (Å²) in [6, 6.07) is 5.14. The van der Waals surface area contributed by atoms with Gasteiger partial charge < -0.3 is 9.84 Å². The van der Waals surface area contributed by atoms with Gasteiger partial charge in [-0.3, -0.25) is 0 Å². The maximum Gasteiger partial charge on any atom is 0.328 e. The fourth-order valence-corrected chi connectivity index (χ4v) is 2.31.